The molecular weight excluding hydrogens is 294 g/mol. The van der Waals surface area contributed by atoms with Crippen molar-refractivity contribution in [1.82, 2.24) is 9.71 Å². The molecule has 8 heteroatoms. The van der Waals surface area contributed by atoms with Crippen LogP contribution in [0.2, 0.25) is 0 Å². The van der Waals surface area contributed by atoms with Gasteiger partial charge in [-0.15, -0.1) is 0 Å². The van der Waals surface area contributed by atoms with Crippen molar-refractivity contribution in [1.29, 1.82) is 0 Å². The van der Waals surface area contributed by atoms with Crippen LogP contribution in [-0.2, 0) is 19.5 Å². The van der Waals surface area contributed by atoms with Crippen LogP contribution in [-0.4, -0.2) is 53.4 Å². The van der Waals surface area contributed by atoms with E-state index in [2.05, 4.69) is 21.5 Å². The van der Waals surface area contributed by atoms with Crippen molar-refractivity contribution in [3.63, 3.8) is 0 Å². The molecular formula is C13H19N3O4S. The number of methoxy groups -OCH3 is 1. The molecule has 0 atom stereocenters. The first kappa shape index (κ1) is 17.6. The highest BCUT2D eigenvalue weighted by Gasteiger charge is 2.14. The van der Waals surface area contributed by atoms with Gasteiger partial charge in [-0.2, -0.15) is 0 Å². The molecule has 116 valence electrons. The van der Waals surface area contributed by atoms with Crippen LogP contribution in [0.3, 0.4) is 0 Å². The van der Waals surface area contributed by atoms with E-state index >= 15 is 0 Å². The highest BCUT2D eigenvalue weighted by molar-refractivity contribution is 7.89. The standard InChI is InChI=1S/C13H19N3O4S/c1-19-7-8-20-6-5-16-21(17,18)13-9-12(3-2-4-14)10-15-11-13/h9-11,16H,4-8,14H2,1H3. The SMILES string of the molecule is COCCOCCNS(=O)(=O)c1cncc(C#CCN)c1. The normalized spacial score (nSPS) is 11.0. The highest BCUT2D eigenvalue weighted by atomic mass is 32.2. The van der Waals surface area contributed by atoms with E-state index in [1.165, 1.54) is 18.5 Å². The van der Waals surface area contributed by atoms with Gasteiger partial charge in [-0.05, 0) is 6.07 Å². The smallest absolute Gasteiger partial charge is 0.242 e. The van der Waals surface area contributed by atoms with Crippen LogP contribution in [0.1, 0.15) is 5.56 Å². The lowest BCUT2D eigenvalue weighted by Gasteiger charge is -2.07. The molecule has 3 N–H and O–H groups in total. The fraction of sp³-hybridized carbons (Fsp3) is 0.462. The Balaban J connectivity index is 2.57. The lowest BCUT2D eigenvalue weighted by atomic mass is 10.3. The van der Waals surface area contributed by atoms with Crippen LogP contribution >= 0.6 is 0 Å². The van der Waals surface area contributed by atoms with E-state index < -0.39 is 10.0 Å². The number of ether oxygens (including phenoxy) is 2. The summed E-state index contributed by atoms with van der Waals surface area (Å²) in [7, 11) is -2.05. The van der Waals surface area contributed by atoms with Gasteiger partial charge in [0.05, 0.1) is 26.4 Å². The number of sulfonamides is 1. The third kappa shape index (κ3) is 6.66. The van der Waals surface area contributed by atoms with Crippen molar-refractivity contribution in [2.45, 2.75) is 4.90 Å². The Bertz CT molecular complexity index is 593. The number of nitrogens with zero attached hydrogens (tertiary/aromatic N) is 1. The van der Waals surface area contributed by atoms with E-state index in [0.29, 0.717) is 18.8 Å². The molecule has 0 saturated carbocycles. The summed E-state index contributed by atoms with van der Waals surface area (Å²) >= 11 is 0. The zero-order chi connectivity index (χ0) is 15.6. The Morgan fingerprint density at radius 1 is 1.33 bits per heavy atom. The van der Waals surface area contributed by atoms with Crippen molar-refractivity contribution >= 4 is 10.0 Å². The largest absolute Gasteiger partial charge is 0.382 e. The quantitative estimate of drug-likeness (QED) is 0.487. The van der Waals surface area contributed by atoms with Crippen LogP contribution in [0.5, 0.6) is 0 Å². The molecule has 0 unspecified atom stereocenters. The number of nitrogens with two attached hydrogens (primary N) is 1. The van der Waals surface area contributed by atoms with Crippen LogP contribution in [0.15, 0.2) is 23.4 Å². The summed E-state index contributed by atoms with van der Waals surface area (Å²) in [5.41, 5.74) is 5.77. The minimum atomic E-state index is -3.62. The molecule has 1 rings (SSSR count). The van der Waals surface area contributed by atoms with Gasteiger partial charge in [-0.3, -0.25) is 4.98 Å². The Morgan fingerprint density at radius 3 is 2.86 bits per heavy atom. The summed E-state index contributed by atoms with van der Waals surface area (Å²) in [6.07, 6.45) is 2.75. The van der Waals surface area contributed by atoms with Crippen molar-refractivity contribution < 1.29 is 17.9 Å². The van der Waals surface area contributed by atoms with E-state index in [0.717, 1.165) is 0 Å². The maximum Gasteiger partial charge on any atom is 0.242 e. The molecule has 1 aromatic heterocycles. The summed E-state index contributed by atoms with van der Waals surface area (Å²) in [5.74, 6) is 5.38. The second kappa shape index (κ2) is 9.44. The minimum absolute atomic E-state index is 0.0585. The average Bonchev–Trinajstić information content (AvgIpc) is 2.49. The van der Waals surface area contributed by atoms with Crippen molar-refractivity contribution in [2.75, 3.05) is 40.0 Å². The first-order valence-electron chi connectivity index (χ1n) is 6.30. The van der Waals surface area contributed by atoms with Crippen molar-refractivity contribution in [3.8, 4) is 11.8 Å². The van der Waals surface area contributed by atoms with Crippen LogP contribution in [0.25, 0.3) is 0 Å². The van der Waals surface area contributed by atoms with Crippen molar-refractivity contribution in [2.24, 2.45) is 5.73 Å². The molecule has 0 spiro atoms. The molecule has 0 fully saturated rings. The van der Waals surface area contributed by atoms with E-state index in [4.69, 9.17) is 15.2 Å². The fourth-order valence-electron chi connectivity index (χ4n) is 1.36. The van der Waals surface area contributed by atoms with Crippen LogP contribution in [0.4, 0.5) is 0 Å². The predicted octanol–water partition coefficient (Wildman–Crippen LogP) is -0.667. The molecule has 1 heterocycles. The number of nitrogens with one attached hydrogen (secondary N) is 1. The highest BCUT2D eigenvalue weighted by Crippen LogP contribution is 2.08. The van der Waals surface area contributed by atoms with Crippen LogP contribution in [0, 0.1) is 11.8 Å². The second-order valence-corrected chi connectivity index (χ2v) is 5.69. The predicted molar refractivity (Wildman–Crippen MR) is 78.1 cm³/mol. The summed E-state index contributed by atoms with van der Waals surface area (Å²) < 4.78 is 36.5. The maximum atomic E-state index is 12.0. The lowest BCUT2D eigenvalue weighted by molar-refractivity contribution is 0.0736. The summed E-state index contributed by atoms with van der Waals surface area (Å²) in [5, 5.41) is 0. The van der Waals surface area contributed by atoms with Gasteiger partial charge in [0, 0.05) is 31.6 Å². The maximum absolute atomic E-state index is 12.0. The molecule has 0 saturated heterocycles. The zero-order valence-electron chi connectivity index (χ0n) is 11.8. The van der Waals surface area contributed by atoms with Gasteiger partial charge < -0.3 is 15.2 Å². The van der Waals surface area contributed by atoms with Crippen LogP contribution < -0.4 is 10.5 Å². The molecule has 7 nitrogen and oxygen atoms in total. The summed E-state index contributed by atoms with van der Waals surface area (Å²) in [6.45, 7) is 1.53. The van der Waals surface area contributed by atoms with Crippen molar-refractivity contribution in [3.05, 3.63) is 24.0 Å². The third-order valence-electron chi connectivity index (χ3n) is 2.33. The van der Waals surface area contributed by atoms with Gasteiger partial charge in [0.2, 0.25) is 10.0 Å². The van der Waals surface area contributed by atoms with E-state index in [9.17, 15) is 8.42 Å². The van der Waals surface area contributed by atoms with Gasteiger partial charge in [0.1, 0.15) is 4.90 Å². The Hall–Kier alpha value is -1.50. The number of hydrogen-bond donors (Lipinski definition) is 2. The molecule has 0 aliphatic heterocycles. The molecule has 0 radical (unpaired) electrons. The van der Waals surface area contributed by atoms with Gasteiger partial charge in [0.25, 0.3) is 0 Å². The van der Waals surface area contributed by atoms with Gasteiger partial charge in [-0.1, -0.05) is 11.8 Å². The minimum Gasteiger partial charge on any atom is -0.382 e. The zero-order valence-corrected chi connectivity index (χ0v) is 12.6. The molecule has 0 aliphatic rings. The topological polar surface area (TPSA) is 104 Å². The number of aromatic nitrogens is 1. The van der Waals surface area contributed by atoms with Gasteiger partial charge in [-0.25, -0.2) is 13.1 Å². The molecule has 0 aliphatic carbocycles. The number of hydrogen-bond acceptors (Lipinski definition) is 6. The molecule has 0 amide bonds. The monoisotopic (exact) mass is 313 g/mol. The first-order chi connectivity index (χ1) is 10.1. The third-order valence-corrected chi connectivity index (χ3v) is 3.76. The Morgan fingerprint density at radius 2 is 2.14 bits per heavy atom. The summed E-state index contributed by atoms with van der Waals surface area (Å²) in [6, 6.07) is 1.45. The fourth-order valence-corrected chi connectivity index (χ4v) is 2.36. The average molecular weight is 313 g/mol. The van der Waals surface area contributed by atoms with E-state index in [1.54, 1.807) is 7.11 Å². The first-order valence-corrected chi connectivity index (χ1v) is 7.79. The Labute approximate surface area is 124 Å². The van der Waals surface area contributed by atoms with Gasteiger partial charge in [0.15, 0.2) is 0 Å². The number of pyridine rings is 1. The molecule has 1 aromatic rings. The molecule has 21 heavy (non-hydrogen) atoms. The summed E-state index contributed by atoms with van der Waals surface area (Å²) in [4.78, 5) is 3.92. The second-order valence-electron chi connectivity index (χ2n) is 3.92. The van der Waals surface area contributed by atoms with E-state index in [-0.39, 0.29) is 24.6 Å². The lowest BCUT2D eigenvalue weighted by Crippen LogP contribution is -2.28. The molecule has 0 bridgehead atoms. The molecule has 0 aromatic carbocycles. The van der Waals surface area contributed by atoms with Gasteiger partial charge >= 0.3 is 0 Å². The van der Waals surface area contributed by atoms with E-state index in [1.807, 2.05) is 0 Å². The Kier molecular flexibility index (Phi) is 7.89. The number of rotatable bonds is 8.